The van der Waals surface area contributed by atoms with E-state index in [1.165, 1.54) is 16.2 Å². The van der Waals surface area contributed by atoms with E-state index in [0.29, 0.717) is 18.6 Å². The standard InChI is InChI=1S/C38H43F3N4O6S2/c1-5-9-33-37(51-29-22-26(2)52-24-29,15-8-19-45(33)34(47)30-23-43-18-14-32(30)38(39,40)41)35(48)44-20-16-36(42-3,17-21-44)31-11-7-6-10-27(31)12-13-28(46)25-53(4,49)50/h6-7,10-11,14,18,22-24,33H,5,8-9,12-13,15-17,19-21,25H2,1-2,4H3/t33-,37+/m1/s1. The number of nitrogens with zero attached hydrogens (tertiary/aromatic N) is 4. The van der Waals surface area contributed by atoms with Gasteiger partial charge in [0.1, 0.15) is 17.3 Å². The van der Waals surface area contributed by atoms with Crippen molar-refractivity contribution < 1.29 is 40.7 Å². The maximum Gasteiger partial charge on any atom is 0.417 e. The highest BCUT2D eigenvalue weighted by atomic mass is 32.2. The lowest BCUT2D eigenvalue weighted by Gasteiger charge is -2.50. The summed E-state index contributed by atoms with van der Waals surface area (Å²) < 4.78 is 72.2. The van der Waals surface area contributed by atoms with Crippen LogP contribution in [-0.2, 0) is 37.6 Å². The predicted molar refractivity (Wildman–Crippen MR) is 194 cm³/mol. The highest BCUT2D eigenvalue weighted by Gasteiger charge is 2.57. The van der Waals surface area contributed by atoms with E-state index in [1.54, 1.807) is 22.4 Å². The number of amides is 2. The zero-order chi connectivity index (χ0) is 38.6. The van der Waals surface area contributed by atoms with Crippen molar-refractivity contribution in [1.82, 2.24) is 14.8 Å². The highest BCUT2D eigenvalue weighted by Crippen LogP contribution is 2.43. The second-order valence-electron chi connectivity index (χ2n) is 13.9. The lowest BCUT2D eigenvalue weighted by molar-refractivity contribution is -0.160. The number of benzene rings is 1. The van der Waals surface area contributed by atoms with Gasteiger partial charge in [0.25, 0.3) is 17.4 Å². The Morgan fingerprint density at radius 3 is 2.45 bits per heavy atom. The van der Waals surface area contributed by atoms with E-state index in [-0.39, 0.29) is 58.2 Å². The molecule has 2 amide bonds. The molecule has 0 unspecified atom stereocenters. The van der Waals surface area contributed by atoms with E-state index >= 15 is 4.79 Å². The van der Waals surface area contributed by atoms with Gasteiger partial charge in [0.15, 0.2) is 9.84 Å². The van der Waals surface area contributed by atoms with Crippen molar-refractivity contribution in [3.63, 3.8) is 0 Å². The first kappa shape index (κ1) is 39.9. The van der Waals surface area contributed by atoms with E-state index in [2.05, 4.69) is 9.83 Å². The van der Waals surface area contributed by atoms with Gasteiger partial charge in [-0.05, 0) is 43.9 Å². The molecule has 2 aliphatic rings. The van der Waals surface area contributed by atoms with Crippen molar-refractivity contribution >= 4 is 38.8 Å². The number of hydrogen-bond donors (Lipinski definition) is 0. The molecule has 2 aromatic heterocycles. The van der Waals surface area contributed by atoms with Crippen LogP contribution in [-0.4, -0.2) is 84.1 Å². The van der Waals surface area contributed by atoms with Gasteiger partial charge in [0, 0.05) is 79.8 Å². The zero-order valence-corrected chi connectivity index (χ0v) is 31.6. The number of carbonyl (C=O) groups is 3. The number of hydrogen-bond acceptors (Lipinski definition) is 8. The number of thiophene rings is 1. The van der Waals surface area contributed by atoms with Crippen LogP contribution in [0.5, 0.6) is 5.75 Å². The van der Waals surface area contributed by atoms with Gasteiger partial charge in [-0.15, -0.1) is 11.3 Å². The summed E-state index contributed by atoms with van der Waals surface area (Å²) in [5.41, 5.74) is -2.84. The van der Waals surface area contributed by atoms with Gasteiger partial charge < -0.3 is 19.4 Å². The summed E-state index contributed by atoms with van der Waals surface area (Å²) in [5.74, 6) is -1.80. The summed E-state index contributed by atoms with van der Waals surface area (Å²) >= 11 is 1.42. The van der Waals surface area contributed by atoms with Crippen molar-refractivity contribution in [2.24, 2.45) is 0 Å². The molecule has 3 aromatic rings. The minimum atomic E-state index is -4.80. The Morgan fingerprint density at radius 2 is 1.83 bits per heavy atom. The maximum atomic E-state index is 15.0. The van der Waals surface area contributed by atoms with Crippen LogP contribution < -0.4 is 4.74 Å². The maximum absolute atomic E-state index is 15.0. The molecule has 0 N–H and O–H groups in total. The average Bonchev–Trinajstić information content (AvgIpc) is 3.53. The van der Waals surface area contributed by atoms with Crippen molar-refractivity contribution in [1.29, 1.82) is 0 Å². The van der Waals surface area contributed by atoms with Crippen LogP contribution in [0, 0.1) is 13.5 Å². The van der Waals surface area contributed by atoms with Crippen molar-refractivity contribution in [2.45, 2.75) is 88.6 Å². The monoisotopic (exact) mass is 772 g/mol. The molecule has 5 rings (SSSR count). The number of carbonyl (C=O) groups excluding carboxylic acids is 3. The second kappa shape index (κ2) is 16.0. The number of ketones is 1. The fourth-order valence-electron chi connectivity index (χ4n) is 7.67. The van der Waals surface area contributed by atoms with Gasteiger partial charge in [-0.2, -0.15) is 13.2 Å². The summed E-state index contributed by atoms with van der Waals surface area (Å²) in [6.45, 7) is 12.5. The van der Waals surface area contributed by atoms with E-state index in [9.17, 15) is 31.2 Å². The molecule has 10 nitrogen and oxygen atoms in total. The molecule has 0 aliphatic carbocycles. The lowest BCUT2D eigenvalue weighted by atomic mass is 9.76. The number of aryl methyl sites for hydroxylation is 2. The first-order chi connectivity index (χ1) is 25.0. The average molecular weight is 773 g/mol. The van der Waals surface area contributed by atoms with Gasteiger partial charge in [-0.3, -0.25) is 19.4 Å². The number of pyridine rings is 1. The number of halogens is 3. The summed E-state index contributed by atoms with van der Waals surface area (Å²) in [5, 5.41) is 1.77. The number of sulfone groups is 1. The van der Waals surface area contributed by atoms with Crippen LogP contribution in [0.3, 0.4) is 0 Å². The Labute approximate surface area is 312 Å². The lowest BCUT2D eigenvalue weighted by Crippen LogP contribution is -2.68. The first-order valence-corrected chi connectivity index (χ1v) is 20.5. The Hall–Kier alpha value is -4.29. The zero-order valence-electron chi connectivity index (χ0n) is 29.9. The topological polar surface area (TPSA) is 118 Å². The third-order valence-corrected chi connectivity index (χ3v) is 11.8. The van der Waals surface area contributed by atoms with E-state index in [1.807, 2.05) is 32.0 Å². The number of Topliss-reactive ketones (excluding diaryl/α,β-unsaturated/α-hetero) is 1. The molecule has 2 saturated heterocycles. The van der Waals surface area contributed by atoms with Crippen molar-refractivity contribution in [3.8, 4) is 5.75 Å². The smallest absolute Gasteiger partial charge is 0.417 e. The largest absolute Gasteiger partial charge is 0.474 e. The van der Waals surface area contributed by atoms with E-state index < -0.39 is 67.7 Å². The molecule has 1 aromatic carbocycles. The van der Waals surface area contributed by atoms with Crippen LogP contribution in [0.15, 0.2) is 54.2 Å². The van der Waals surface area contributed by atoms with Gasteiger partial charge in [0.2, 0.25) is 5.60 Å². The first-order valence-electron chi connectivity index (χ1n) is 17.6. The van der Waals surface area contributed by atoms with Gasteiger partial charge in [-0.25, -0.2) is 15.0 Å². The minimum absolute atomic E-state index is 0.00222. The third kappa shape index (κ3) is 8.75. The van der Waals surface area contributed by atoms with E-state index in [4.69, 9.17) is 11.3 Å². The summed E-state index contributed by atoms with van der Waals surface area (Å²) in [4.78, 5) is 53.3. The molecule has 0 bridgehead atoms. The number of rotatable bonds is 12. The van der Waals surface area contributed by atoms with Crippen LogP contribution >= 0.6 is 11.3 Å². The quantitative estimate of drug-likeness (QED) is 0.189. The summed E-state index contributed by atoms with van der Waals surface area (Å²) in [6, 6.07) is 8.95. The SMILES string of the molecule is [C-]#[N+]C1(c2ccccc2CCC(=O)CS(C)(=O)=O)CCN(C(=O)[C@]2(Oc3csc(C)c3)CCCN(C(=O)c3cnccc3C(F)(F)F)[C@@H]2CCC)CC1. The summed E-state index contributed by atoms with van der Waals surface area (Å²) in [6.07, 6.45) is 0.231. The molecule has 4 heterocycles. The molecule has 2 fully saturated rings. The molecule has 2 aliphatic heterocycles. The molecule has 0 spiro atoms. The van der Waals surface area contributed by atoms with Gasteiger partial charge >= 0.3 is 6.18 Å². The molecular formula is C38H43F3N4O6S2. The normalized spacial score (nSPS) is 20.4. The van der Waals surface area contributed by atoms with Crippen LogP contribution in [0.1, 0.15) is 83.8 Å². The second-order valence-corrected chi connectivity index (χ2v) is 17.2. The van der Waals surface area contributed by atoms with Gasteiger partial charge in [-0.1, -0.05) is 37.6 Å². The number of piperidine rings is 2. The highest BCUT2D eigenvalue weighted by molar-refractivity contribution is 7.91. The van der Waals surface area contributed by atoms with Crippen LogP contribution in [0.25, 0.3) is 4.85 Å². The Bertz CT molecular complexity index is 1980. The van der Waals surface area contributed by atoms with Gasteiger partial charge in [0.05, 0.1) is 17.2 Å². The molecule has 0 saturated carbocycles. The number of aromatic nitrogens is 1. The Balaban J connectivity index is 1.46. The summed E-state index contributed by atoms with van der Waals surface area (Å²) in [7, 11) is -3.48. The van der Waals surface area contributed by atoms with Crippen LogP contribution in [0.4, 0.5) is 13.2 Å². The molecule has 2 atom stereocenters. The molecular weight excluding hydrogens is 730 g/mol. The van der Waals surface area contributed by atoms with E-state index in [0.717, 1.165) is 40.7 Å². The number of ether oxygens (including phenoxy) is 1. The number of alkyl halides is 3. The fraction of sp³-hybridized carbons (Fsp3) is 0.500. The molecule has 0 radical (unpaired) electrons. The number of likely N-dealkylation sites (tertiary alicyclic amines) is 2. The fourth-order valence-corrected chi connectivity index (χ4v) is 9.01. The minimum Gasteiger partial charge on any atom is -0.474 e. The molecule has 284 valence electrons. The predicted octanol–water partition coefficient (Wildman–Crippen LogP) is 6.68. The Morgan fingerprint density at radius 1 is 1.11 bits per heavy atom. The molecule has 15 heteroatoms. The van der Waals surface area contributed by atoms with Crippen molar-refractivity contribution in [2.75, 3.05) is 31.6 Å². The molecule has 53 heavy (non-hydrogen) atoms. The van der Waals surface area contributed by atoms with Crippen molar-refractivity contribution in [3.05, 3.63) is 92.7 Å². The third-order valence-electron chi connectivity index (χ3n) is 10.1. The van der Waals surface area contributed by atoms with Crippen LogP contribution in [0.2, 0.25) is 0 Å². The Kier molecular flexibility index (Phi) is 12.0.